The molecule has 1 aliphatic rings. The molecule has 0 unspecified atom stereocenters. The Hall–Kier alpha value is -1.03. The van der Waals surface area contributed by atoms with Gasteiger partial charge < -0.3 is 9.80 Å². The summed E-state index contributed by atoms with van der Waals surface area (Å²) in [5.41, 5.74) is 2.43. The van der Waals surface area contributed by atoms with Gasteiger partial charge in [-0.3, -0.25) is 0 Å². The van der Waals surface area contributed by atoms with Crippen molar-refractivity contribution in [3.8, 4) is 0 Å². The van der Waals surface area contributed by atoms with E-state index in [9.17, 15) is 4.79 Å². The summed E-state index contributed by atoms with van der Waals surface area (Å²) < 4.78 is 1.08. The third-order valence-electron chi connectivity index (χ3n) is 2.97. The molecule has 0 bridgehead atoms. The normalized spacial score (nSPS) is 16.1. The first-order valence-electron chi connectivity index (χ1n) is 5.33. The largest absolute Gasteiger partial charge is 0.326 e. The summed E-state index contributed by atoms with van der Waals surface area (Å²) in [6.07, 6.45) is 0. The van der Waals surface area contributed by atoms with E-state index in [2.05, 4.69) is 35.0 Å². The highest BCUT2D eigenvalue weighted by molar-refractivity contribution is 9.10. The molecule has 0 N–H and O–H groups in total. The van der Waals surface area contributed by atoms with E-state index in [4.69, 9.17) is 0 Å². The first-order valence-corrected chi connectivity index (χ1v) is 6.12. The van der Waals surface area contributed by atoms with Crippen molar-refractivity contribution in [1.29, 1.82) is 0 Å². The average molecular weight is 283 g/mol. The van der Waals surface area contributed by atoms with Gasteiger partial charge in [-0.2, -0.15) is 0 Å². The van der Waals surface area contributed by atoms with Crippen LogP contribution in [0.4, 0.5) is 4.79 Å². The summed E-state index contributed by atoms with van der Waals surface area (Å²) >= 11 is 3.44. The minimum Gasteiger partial charge on any atom is -0.326 e. The van der Waals surface area contributed by atoms with Crippen molar-refractivity contribution in [2.75, 3.05) is 20.1 Å². The molecular formula is C12H15BrN2O. The summed E-state index contributed by atoms with van der Waals surface area (Å²) in [5, 5.41) is 0. The van der Waals surface area contributed by atoms with Gasteiger partial charge in [-0.15, -0.1) is 0 Å². The van der Waals surface area contributed by atoms with Gasteiger partial charge in [0.1, 0.15) is 0 Å². The first kappa shape index (κ1) is 11.5. The van der Waals surface area contributed by atoms with E-state index in [1.807, 2.05) is 18.0 Å². The third kappa shape index (κ3) is 2.21. The summed E-state index contributed by atoms with van der Waals surface area (Å²) in [6.45, 7) is 4.44. The topological polar surface area (TPSA) is 23.6 Å². The van der Waals surface area contributed by atoms with E-state index in [1.165, 1.54) is 11.1 Å². The Morgan fingerprint density at radius 2 is 2.12 bits per heavy atom. The number of hydrogen-bond donors (Lipinski definition) is 0. The second-order valence-electron chi connectivity index (χ2n) is 4.20. The van der Waals surface area contributed by atoms with Crippen molar-refractivity contribution < 1.29 is 4.79 Å². The minimum atomic E-state index is 0.127. The Labute approximate surface area is 104 Å². The Morgan fingerprint density at radius 1 is 1.38 bits per heavy atom. The highest BCUT2D eigenvalue weighted by atomic mass is 79.9. The fourth-order valence-electron chi connectivity index (χ4n) is 1.89. The maximum atomic E-state index is 11.7. The van der Waals surface area contributed by atoms with Crippen LogP contribution in [0.5, 0.6) is 0 Å². The summed E-state index contributed by atoms with van der Waals surface area (Å²) in [7, 11) is 1.84. The van der Waals surface area contributed by atoms with Crippen molar-refractivity contribution in [2.24, 2.45) is 0 Å². The van der Waals surface area contributed by atoms with Crippen LogP contribution < -0.4 is 0 Å². The third-order valence-corrected chi connectivity index (χ3v) is 3.46. The molecule has 1 aromatic rings. The zero-order valence-corrected chi connectivity index (χ0v) is 11.1. The van der Waals surface area contributed by atoms with Crippen molar-refractivity contribution in [1.82, 2.24) is 9.80 Å². The van der Waals surface area contributed by atoms with E-state index in [0.29, 0.717) is 6.54 Å². The van der Waals surface area contributed by atoms with Gasteiger partial charge in [0, 0.05) is 31.2 Å². The average Bonchev–Trinajstić information content (AvgIpc) is 2.54. The zero-order valence-electron chi connectivity index (χ0n) is 9.53. The van der Waals surface area contributed by atoms with Crippen LogP contribution in [0.3, 0.4) is 0 Å². The van der Waals surface area contributed by atoms with Crippen LogP contribution in [0.1, 0.15) is 11.1 Å². The molecule has 0 spiro atoms. The summed E-state index contributed by atoms with van der Waals surface area (Å²) in [4.78, 5) is 15.4. The monoisotopic (exact) mass is 282 g/mol. The number of carbonyl (C=O) groups excluding carboxylic acids is 1. The molecule has 3 nitrogen and oxygen atoms in total. The number of benzene rings is 1. The maximum Gasteiger partial charge on any atom is 0.320 e. The maximum absolute atomic E-state index is 11.7. The van der Waals surface area contributed by atoms with Crippen LogP contribution in [0, 0.1) is 6.92 Å². The molecule has 0 atom stereocenters. The van der Waals surface area contributed by atoms with Gasteiger partial charge in [0.05, 0.1) is 0 Å². The lowest BCUT2D eigenvalue weighted by atomic mass is 10.1. The molecular weight excluding hydrogens is 268 g/mol. The van der Waals surface area contributed by atoms with Gasteiger partial charge in [-0.05, 0) is 30.2 Å². The summed E-state index contributed by atoms with van der Waals surface area (Å²) in [6, 6.07) is 6.30. The van der Waals surface area contributed by atoms with Crippen molar-refractivity contribution in [2.45, 2.75) is 13.5 Å². The van der Waals surface area contributed by atoms with Crippen LogP contribution in [0.15, 0.2) is 22.7 Å². The minimum absolute atomic E-state index is 0.127. The molecule has 1 aromatic carbocycles. The van der Waals surface area contributed by atoms with Gasteiger partial charge in [0.2, 0.25) is 0 Å². The number of halogens is 1. The number of rotatable bonds is 2. The lowest BCUT2D eigenvalue weighted by molar-refractivity contribution is 0.197. The van der Waals surface area contributed by atoms with E-state index in [0.717, 1.165) is 17.6 Å². The molecule has 4 heteroatoms. The number of aryl methyl sites for hydroxylation is 1. The Balaban J connectivity index is 2.12. The number of urea groups is 1. The van der Waals surface area contributed by atoms with Gasteiger partial charge in [0.25, 0.3) is 0 Å². The van der Waals surface area contributed by atoms with Gasteiger partial charge >= 0.3 is 6.03 Å². The highest BCUT2D eigenvalue weighted by Crippen LogP contribution is 2.19. The van der Waals surface area contributed by atoms with Crippen molar-refractivity contribution >= 4 is 22.0 Å². The fourth-order valence-corrected chi connectivity index (χ4v) is 2.37. The second kappa shape index (κ2) is 4.45. The molecule has 0 aliphatic carbocycles. The zero-order chi connectivity index (χ0) is 11.7. The molecule has 2 rings (SSSR count). The van der Waals surface area contributed by atoms with Gasteiger partial charge in [0.15, 0.2) is 0 Å². The lowest BCUT2D eigenvalue weighted by Gasteiger charge is -2.17. The predicted molar refractivity (Wildman–Crippen MR) is 67.3 cm³/mol. The van der Waals surface area contributed by atoms with E-state index >= 15 is 0 Å². The molecule has 2 amide bonds. The summed E-state index contributed by atoms with van der Waals surface area (Å²) in [5.74, 6) is 0. The Bertz CT molecular complexity index is 419. The van der Waals surface area contributed by atoms with Crippen LogP contribution in [-0.2, 0) is 6.54 Å². The molecule has 16 heavy (non-hydrogen) atoms. The lowest BCUT2D eigenvalue weighted by Crippen LogP contribution is -2.29. The Kier molecular flexibility index (Phi) is 3.19. The predicted octanol–water partition coefficient (Wildman–Crippen LogP) is 2.62. The van der Waals surface area contributed by atoms with E-state index in [-0.39, 0.29) is 6.03 Å². The molecule has 0 aromatic heterocycles. The Morgan fingerprint density at radius 3 is 2.69 bits per heavy atom. The molecule has 86 valence electrons. The van der Waals surface area contributed by atoms with Crippen LogP contribution in [0.2, 0.25) is 0 Å². The SMILES string of the molecule is Cc1cc(Br)ccc1CN1CCN(C)C1=O. The number of carbonyl (C=O) groups is 1. The quantitative estimate of drug-likeness (QED) is 0.818. The number of nitrogens with zero attached hydrogens (tertiary/aromatic N) is 2. The van der Waals surface area contributed by atoms with Crippen LogP contribution in [0.25, 0.3) is 0 Å². The fraction of sp³-hybridized carbons (Fsp3) is 0.417. The van der Waals surface area contributed by atoms with Crippen molar-refractivity contribution in [3.05, 3.63) is 33.8 Å². The first-order chi connectivity index (χ1) is 7.58. The number of hydrogen-bond acceptors (Lipinski definition) is 1. The number of amides is 2. The molecule has 1 fully saturated rings. The number of likely N-dealkylation sites (N-methyl/N-ethyl adjacent to an activating group) is 1. The molecule has 1 aliphatic heterocycles. The highest BCUT2D eigenvalue weighted by Gasteiger charge is 2.25. The van der Waals surface area contributed by atoms with E-state index < -0.39 is 0 Å². The molecule has 0 radical (unpaired) electrons. The van der Waals surface area contributed by atoms with Gasteiger partial charge in [-0.1, -0.05) is 22.0 Å². The van der Waals surface area contributed by atoms with Crippen LogP contribution >= 0.6 is 15.9 Å². The standard InChI is InChI=1S/C12H15BrN2O/c1-9-7-11(13)4-3-10(9)8-15-6-5-14(2)12(15)16/h3-4,7H,5-6,8H2,1-2H3. The van der Waals surface area contributed by atoms with E-state index in [1.54, 1.807) is 4.90 Å². The smallest absolute Gasteiger partial charge is 0.320 e. The molecule has 1 saturated heterocycles. The van der Waals surface area contributed by atoms with Crippen LogP contribution in [-0.4, -0.2) is 36.0 Å². The molecule has 1 heterocycles. The van der Waals surface area contributed by atoms with Gasteiger partial charge in [-0.25, -0.2) is 4.79 Å². The van der Waals surface area contributed by atoms with Crippen molar-refractivity contribution in [3.63, 3.8) is 0 Å². The second-order valence-corrected chi connectivity index (χ2v) is 5.11. The molecule has 0 saturated carbocycles.